The number of carbonyl (C=O) groups is 3. The Kier molecular flexibility index (Phi) is 9.19. The van der Waals surface area contributed by atoms with Crippen molar-refractivity contribution in [1.29, 1.82) is 0 Å². The van der Waals surface area contributed by atoms with E-state index in [4.69, 9.17) is 16.1 Å². The molecule has 1 aromatic heterocycles. The minimum Gasteiger partial charge on any atom is -0.360 e. The highest BCUT2D eigenvalue weighted by atomic mass is 35.5. The summed E-state index contributed by atoms with van der Waals surface area (Å²) in [5, 5.41) is 12.2. The van der Waals surface area contributed by atoms with Gasteiger partial charge in [-0.1, -0.05) is 47.1 Å². The van der Waals surface area contributed by atoms with Crippen LogP contribution in [0.5, 0.6) is 0 Å². The zero-order chi connectivity index (χ0) is 27.8. The van der Waals surface area contributed by atoms with Crippen molar-refractivity contribution < 1.29 is 18.9 Å². The van der Waals surface area contributed by atoms with Gasteiger partial charge in [-0.2, -0.15) is 0 Å². The van der Waals surface area contributed by atoms with E-state index in [2.05, 4.69) is 21.1 Å². The van der Waals surface area contributed by atoms with Crippen molar-refractivity contribution in [3.05, 3.63) is 113 Å². The maximum atomic E-state index is 13.2. The Morgan fingerprint density at radius 2 is 1.64 bits per heavy atom. The van der Waals surface area contributed by atoms with E-state index >= 15 is 0 Å². The van der Waals surface area contributed by atoms with Gasteiger partial charge in [0.05, 0.1) is 5.25 Å². The summed E-state index contributed by atoms with van der Waals surface area (Å²) in [6.45, 7) is 3.53. The highest BCUT2D eigenvalue weighted by molar-refractivity contribution is 8.00. The first-order valence-corrected chi connectivity index (χ1v) is 13.2. The Morgan fingerprint density at radius 1 is 0.949 bits per heavy atom. The van der Waals surface area contributed by atoms with Crippen LogP contribution in [0, 0.1) is 6.92 Å². The summed E-state index contributed by atoms with van der Waals surface area (Å²) in [5.41, 5.74) is 1.71. The van der Waals surface area contributed by atoms with Crippen LogP contribution in [-0.4, -0.2) is 28.1 Å². The summed E-state index contributed by atoms with van der Waals surface area (Å²) >= 11 is 7.34. The van der Waals surface area contributed by atoms with Gasteiger partial charge in [0, 0.05) is 27.2 Å². The number of halogens is 1. The molecule has 1 heterocycles. The van der Waals surface area contributed by atoms with Gasteiger partial charge in [0.1, 0.15) is 11.5 Å². The fourth-order valence-electron chi connectivity index (χ4n) is 3.39. The molecule has 0 fully saturated rings. The van der Waals surface area contributed by atoms with Gasteiger partial charge in [0.2, 0.25) is 5.91 Å². The van der Waals surface area contributed by atoms with Gasteiger partial charge in [-0.15, -0.1) is 11.8 Å². The smallest absolute Gasteiger partial charge is 0.272 e. The molecular formula is C29H25ClN4O4S. The number of aromatic nitrogens is 1. The summed E-state index contributed by atoms with van der Waals surface area (Å²) in [4.78, 5) is 39.3. The first-order chi connectivity index (χ1) is 18.8. The molecule has 0 unspecified atom stereocenters. The SMILES string of the molecule is Cc1cc(NC(=O)[C@@H](C)Sc2ccc(NC(=O)/C(=C/c3ccc(Cl)cc3)NC(=O)c3ccccc3)cc2)no1. The molecule has 0 bridgehead atoms. The molecule has 198 valence electrons. The maximum absolute atomic E-state index is 13.2. The van der Waals surface area contributed by atoms with Gasteiger partial charge < -0.3 is 20.5 Å². The molecule has 0 spiro atoms. The highest BCUT2D eigenvalue weighted by Gasteiger charge is 2.17. The predicted octanol–water partition coefficient (Wildman–Crippen LogP) is 6.17. The number of amides is 3. The van der Waals surface area contributed by atoms with Crippen LogP contribution >= 0.6 is 23.4 Å². The van der Waals surface area contributed by atoms with Crippen LogP contribution in [0.3, 0.4) is 0 Å². The van der Waals surface area contributed by atoms with Crippen molar-refractivity contribution in [2.75, 3.05) is 10.6 Å². The molecule has 0 aliphatic carbocycles. The van der Waals surface area contributed by atoms with Gasteiger partial charge in [-0.3, -0.25) is 14.4 Å². The molecule has 4 rings (SSSR count). The fourth-order valence-corrected chi connectivity index (χ4v) is 4.39. The van der Waals surface area contributed by atoms with E-state index in [0.29, 0.717) is 33.4 Å². The second-order valence-corrected chi connectivity index (χ2v) is 10.3. The van der Waals surface area contributed by atoms with E-state index < -0.39 is 17.1 Å². The fraction of sp³-hybridized carbons (Fsp3) is 0.103. The van der Waals surface area contributed by atoms with Gasteiger partial charge in [0.15, 0.2) is 5.82 Å². The van der Waals surface area contributed by atoms with Crippen molar-refractivity contribution in [3.63, 3.8) is 0 Å². The molecule has 0 aliphatic rings. The molecule has 0 radical (unpaired) electrons. The zero-order valence-corrected chi connectivity index (χ0v) is 22.7. The molecule has 3 N–H and O–H groups in total. The Hall–Kier alpha value is -4.34. The largest absolute Gasteiger partial charge is 0.360 e. The predicted molar refractivity (Wildman–Crippen MR) is 154 cm³/mol. The van der Waals surface area contributed by atoms with Crippen molar-refractivity contribution in [2.24, 2.45) is 0 Å². The van der Waals surface area contributed by atoms with Crippen molar-refractivity contribution in [1.82, 2.24) is 10.5 Å². The Morgan fingerprint density at radius 3 is 2.28 bits per heavy atom. The number of hydrogen-bond donors (Lipinski definition) is 3. The summed E-state index contributed by atoms with van der Waals surface area (Å²) in [5.74, 6) is -0.147. The monoisotopic (exact) mass is 560 g/mol. The number of benzene rings is 3. The van der Waals surface area contributed by atoms with E-state index in [1.165, 1.54) is 11.8 Å². The van der Waals surface area contributed by atoms with Crippen molar-refractivity contribution >= 4 is 58.7 Å². The topological polar surface area (TPSA) is 113 Å². The van der Waals surface area contributed by atoms with Crippen LogP contribution in [0.4, 0.5) is 11.5 Å². The molecular weight excluding hydrogens is 536 g/mol. The van der Waals surface area contributed by atoms with E-state index in [-0.39, 0.29) is 11.6 Å². The number of aryl methyl sites for hydroxylation is 1. The van der Waals surface area contributed by atoms with Gasteiger partial charge in [0.25, 0.3) is 11.8 Å². The average Bonchev–Trinajstić information content (AvgIpc) is 3.35. The minimum atomic E-state index is -0.495. The molecule has 0 aliphatic heterocycles. The van der Waals surface area contributed by atoms with E-state index in [1.807, 2.05) is 0 Å². The number of rotatable bonds is 9. The Bertz CT molecular complexity index is 1490. The van der Waals surface area contributed by atoms with Crippen LogP contribution in [0.1, 0.15) is 28.6 Å². The average molecular weight is 561 g/mol. The first-order valence-electron chi connectivity index (χ1n) is 11.9. The standard InChI is InChI=1S/C29H25ClN4O4S/c1-18-16-26(34-38-18)33-27(35)19(2)39-24-14-12-23(13-15-24)31-29(37)25(17-20-8-10-22(30)11-9-20)32-28(36)21-6-4-3-5-7-21/h3-17,19H,1-2H3,(H,31,37)(H,32,36)(H,33,34,35)/b25-17-/t19-/m1/s1. The zero-order valence-electron chi connectivity index (χ0n) is 21.1. The minimum absolute atomic E-state index is 0.0676. The van der Waals surface area contributed by atoms with Gasteiger partial charge in [-0.25, -0.2) is 0 Å². The molecule has 39 heavy (non-hydrogen) atoms. The van der Waals surface area contributed by atoms with E-state index in [1.54, 1.807) is 105 Å². The summed E-state index contributed by atoms with van der Waals surface area (Å²) in [6.07, 6.45) is 1.58. The second kappa shape index (κ2) is 12.9. The van der Waals surface area contributed by atoms with E-state index in [0.717, 1.165) is 4.90 Å². The van der Waals surface area contributed by atoms with E-state index in [9.17, 15) is 14.4 Å². The Labute approximate surface area is 234 Å². The second-order valence-electron chi connectivity index (χ2n) is 8.48. The van der Waals surface area contributed by atoms with Crippen LogP contribution in [0.2, 0.25) is 5.02 Å². The molecule has 0 saturated heterocycles. The van der Waals surface area contributed by atoms with Crippen LogP contribution < -0.4 is 16.0 Å². The summed E-state index contributed by atoms with van der Waals surface area (Å²) < 4.78 is 4.97. The van der Waals surface area contributed by atoms with Crippen molar-refractivity contribution in [3.8, 4) is 0 Å². The van der Waals surface area contributed by atoms with Gasteiger partial charge >= 0.3 is 0 Å². The number of nitrogens with zero attached hydrogens (tertiary/aromatic N) is 1. The number of thioether (sulfide) groups is 1. The summed E-state index contributed by atoms with van der Waals surface area (Å²) in [6, 6.07) is 24.2. The number of nitrogens with one attached hydrogen (secondary N) is 3. The molecule has 8 nitrogen and oxygen atoms in total. The summed E-state index contributed by atoms with van der Waals surface area (Å²) in [7, 11) is 0. The molecule has 3 aromatic carbocycles. The molecule has 0 saturated carbocycles. The highest BCUT2D eigenvalue weighted by Crippen LogP contribution is 2.26. The normalized spacial score (nSPS) is 11.9. The quantitative estimate of drug-likeness (QED) is 0.167. The molecule has 1 atom stereocenters. The third kappa shape index (κ3) is 8.07. The molecule has 3 amide bonds. The lowest BCUT2D eigenvalue weighted by molar-refractivity contribution is -0.115. The molecule has 10 heteroatoms. The first kappa shape index (κ1) is 27.7. The third-order valence-electron chi connectivity index (χ3n) is 5.38. The third-order valence-corrected chi connectivity index (χ3v) is 6.75. The van der Waals surface area contributed by atoms with Gasteiger partial charge in [-0.05, 0) is 74.0 Å². The lowest BCUT2D eigenvalue weighted by Gasteiger charge is -2.13. The lowest BCUT2D eigenvalue weighted by Crippen LogP contribution is -2.30. The van der Waals surface area contributed by atoms with Crippen LogP contribution in [0.25, 0.3) is 6.08 Å². The van der Waals surface area contributed by atoms with Crippen LogP contribution in [-0.2, 0) is 9.59 Å². The maximum Gasteiger partial charge on any atom is 0.272 e. The van der Waals surface area contributed by atoms with Crippen molar-refractivity contribution in [2.45, 2.75) is 24.0 Å². The Balaban J connectivity index is 1.43. The number of hydrogen-bond acceptors (Lipinski definition) is 6. The lowest BCUT2D eigenvalue weighted by atomic mass is 10.1. The number of carbonyl (C=O) groups excluding carboxylic acids is 3. The molecule has 4 aromatic rings. The van der Waals surface area contributed by atoms with Crippen LogP contribution in [0.15, 0.2) is 100 Å². The number of anilines is 2.